The molecule has 0 aliphatic heterocycles. The summed E-state index contributed by atoms with van der Waals surface area (Å²) in [5.41, 5.74) is 1.44. The van der Waals surface area contributed by atoms with Crippen LogP contribution in [0.2, 0.25) is 0 Å². The maximum atomic E-state index is 12.5. The van der Waals surface area contributed by atoms with Crippen molar-refractivity contribution in [2.75, 3.05) is 32.9 Å². The monoisotopic (exact) mass is 389 g/mol. The third-order valence-corrected chi connectivity index (χ3v) is 3.58. The maximum Gasteiger partial charge on any atom is 0.422 e. The minimum atomic E-state index is -4.37. The quantitative estimate of drug-likeness (QED) is 0.343. The number of ether oxygens (including phenoxy) is 2. The topological polar surface area (TPSA) is 54.9 Å². The molecule has 0 saturated carbocycles. The molecule has 27 heavy (non-hydrogen) atoms. The summed E-state index contributed by atoms with van der Waals surface area (Å²) in [6, 6.07) is 5.18. The second-order valence-corrected chi connectivity index (χ2v) is 6.04. The molecule has 0 unspecified atom stereocenters. The number of guanidine groups is 1. The molecule has 1 aromatic rings. The Hall–Kier alpha value is -1.96. The Morgan fingerprint density at radius 3 is 2.59 bits per heavy atom. The summed E-state index contributed by atoms with van der Waals surface area (Å²) in [6.45, 7) is 7.51. The lowest BCUT2D eigenvalue weighted by molar-refractivity contribution is -0.153. The van der Waals surface area contributed by atoms with Gasteiger partial charge in [0.1, 0.15) is 5.75 Å². The number of benzene rings is 1. The number of hydrogen-bond acceptors (Lipinski definition) is 3. The average molecular weight is 389 g/mol. The summed E-state index contributed by atoms with van der Waals surface area (Å²) < 4.78 is 47.6. The smallest absolute Gasteiger partial charge is 0.422 e. The predicted octanol–water partition coefficient (Wildman–Crippen LogP) is 3.81. The summed E-state index contributed by atoms with van der Waals surface area (Å²) in [6.07, 6.45) is -2.48. The normalized spacial score (nSPS) is 12.1. The van der Waals surface area contributed by atoms with E-state index in [1.807, 2.05) is 19.9 Å². The van der Waals surface area contributed by atoms with E-state index in [4.69, 9.17) is 9.47 Å². The molecule has 5 nitrogen and oxygen atoms in total. The van der Waals surface area contributed by atoms with Gasteiger partial charge in [-0.2, -0.15) is 13.2 Å². The van der Waals surface area contributed by atoms with E-state index in [-0.39, 0.29) is 12.3 Å². The van der Waals surface area contributed by atoms with Crippen molar-refractivity contribution in [1.82, 2.24) is 10.6 Å². The van der Waals surface area contributed by atoms with Crippen LogP contribution in [0.15, 0.2) is 23.2 Å². The molecule has 0 amide bonds. The van der Waals surface area contributed by atoms with Crippen molar-refractivity contribution in [3.8, 4) is 5.75 Å². The number of aryl methyl sites for hydroxylation is 1. The van der Waals surface area contributed by atoms with Crippen molar-refractivity contribution in [2.24, 2.45) is 4.99 Å². The zero-order chi connectivity index (χ0) is 20.1. The summed E-state index contributed by atoms with van der Waals surface area (Å²) in [5.74, 6) is 0.833. The molecular formula is C19H30F3N3O2. The van der Waals surface area contributed by atoms with Crippen LogP contribution >= 0.6 is 0 Å². The molecular weight excluding hydrogens is 359 g/mol. The zero-order valence-electron chi connectivity index (χ0n) is 16.3. The van der Waals surface area contributed by atoms with Crippen molar-refractivity contribution in [3.05, 3.63) is 29.3 Å². The number of aliphatic imine (C=N–C) groups is 1. The van der Waals surface area contributed by atoms with E-state index < -0.39 is 12.8 Å². The van der Waals surface area contributed by atoms with E-state index in [1.165, 1.54) is 0 Å². The van der Waals surface area contributed by atoms with Crippen LogP contribution in [0, 0.1) is 6.92 Å². The predicted molar refractivity (Wildman–Crippen MR) is 101 cm³/mol. The number of nitrogens with one attached hydrogen (secondary N) is 2. The Balaban J connectivity index is 2.66. The fourth-order valence-corrected chi connectivity index (χ4v) is 2.27. The van der Waals surface area contributed by atoms with Crippen LogP contribution in [-0.2, 0) is 11.3 Å². The first-order valence-electron chi connectivity index (χ1n) is 9.24. The van der Waals surface area contributed by atoms with Gasteiger partial charge in [0.2, 0.25) is 0 Å². The van der Waals surface area contributed by atoms with Gasteiger partial charge in [-0.25, -0.2) is 4.99 Å². The minimum Gasteiger partial charge on any atom is -0.484 e. The maximum absolute atomic E-state index is 12.5. The van der Waals surface area contributed by atoms with Crippen molar-refractivity contribution in [3.63, 3.8) is 0 Å². The van der Waals surface area contributed by atoms with Crippen LogP contribution in [0.4, 0.5) is 13.2 Å². The number of nitrogens with zero attached hydrogens (tertiary/aromatic N) is 1. The molecule has 0 saturated heterocycles. The van der Waals surface area contributed by atoms with Crippen molar-refractivity contribution in [1.29, 1.82) is 0 Å². The number of hydrogen-bond donors (Lipinski definition) is 2. The first-order chi connectivity index (χ1) is 12.9. The van der Waals surface area contributed by atoms with Gasteiger partial charge >= 0.3 is 6.18 Å². The summed E-state index contributed by atoms with van der Waals surface area (Å²) in [5, 5.41) is 6.35. The Labute approximate surface area is 159 Å². The van der Waals surface area contributed by atoms with Crippen molar-refractivity contribution >= 4 is 5.96 Å². The van der Waals surface area contributed by atoms with Crippen molar-refractivity contribution < 1.29 is 22.6 Å². The van der Waals surface area contributed by atoms with Gasteiger partial charge < -0.3 is 20.1 Å². The molecule has 0 bridgehead atoms. The van der Waals surface area contributed by atoms with Gasteiger partial charge in [-0.15, -0.1) is 0 Å². The largest absolute Gasteiger partial charge is 0.484 e. The highest BCUT2D eigenvalue weighted by atomic mass is 19.4. The molecule has 0 spiro atoms. The summed E-state index contributed by atoms with van der Waals surface area (Å²) >= 11 is 0. The number of rotatable bonds is 11. The van der Waals surface area contributed by atoms with Crippen LogP contribution in [0.1, 0.15) is 37.8 Å². The van der Waals surface area contributed by atoms with Gasteiger partial charge in [-0.05, 0) is 45.2 Å². The highest BCUT2D eigenvalue weighted by molar-refractivity contribution is 5.79. The van der Waals surface area contributed by atoms with Gasteiger partial charge in [-0.1, -0.05) is 12.1 Å². The van der Waals surface area contributed by atoms with Gasteiger partial charge in [0.05, 0.1) is 6.54 Å². The van der Waals surface area contributed by atoms with E-state index in [9.17, 15) is 13.2 Å². The second-order valence-electron chi connectivity index (χ2n) is 6.04. The van der Waals surface area contributed by atoms with Crippen LogP contribution < -0.4 is 15.4 Å². The molecule has 8 heteroatoms. The summed E-state index contributed by atoms with van der Waals surface area (Å²) in [4.78, 5) is 4.45. The standard InChI is InChI=1S/C19H30F3N3O2/c1-4-23-18(24-10-6-7-11-26-5-2)25-13-16-9-8-15(3)12-17(16)27-14-19(20,21)22/h8-9,12H,4-7,10-11,13-14H2,1-3H3,(H2,23,24,25). The van der Waals surface area contributed by atoms with E-state index in [1.54, 1.807) is 19.1 Å². The average Bonchev–Trinajstić information content (AvgIpc) is 2.61. The fourth-order valence-electron chi connectivity index (χ4n) is 2.27. The molecule has 1 rings (SSSR count). The molecule has 0 radical (unpaired) electrons. The molecule has 154 valence electrons. The molecule has 0 aliphatic carbocycles. The molecule has 0 aromatic heterocycles. The van der Waals surface area contributed by atoms with Gasteiger partial charge in [0.15, 0.2) is 12.6 Å². The van der Waals surface area contributed by atoms with E-state index in [0.29, 0.717) is 24.7 Å². The van der Waals surface area contributed by atoms with Crippen LogP contribution in [0.5, 0.6) is 5.75 Å². The van der Waals surface area contributed by atoms with Crippen LogP contribution in [0.3, 0.4) is 0 Å². The number of halogens is 3. The third kappa shape index (κ3) is 10.7. The van der Waals surface area contributed by atoms with Gasteiger partial charge in [0, 0.05) is 31.9 Å². The molecule has 1 aromatic carbocycles. The molecule has 0 heterocycles. The zero-order valence-corrected chi connectivity index (χ0v) is 16.3. The molecule has 0 aliphatic rings. The van der Waals surface area contributed by atoms with Crippen molar-refractivity contribution in [2.45, 2.75) is 46.3 Å². The van der Waals surface area contributed by atoms with E-state index >= 15 is 0 Å². The van der Waals surface area contributed by atoms with E-state index in [2.05, 4.69) is 15.6 Å². The lowest BCUT2D eigenvalue weighted by atomic mass is 10.1. The second kappa shape index (κ2) is 12.4. The lowest BCUT2D eigenvalue weighted by Gasteiger charge is -2.14. The molecule has 0 atom stereocenters. The number of alkyl halides is 3. The Kier molecular flexibility index (Phi) is 10.6. The van der Waals surface area contributed by atoms with Crippen LogP contribution in [-0.4, -0.2) is 45.0 Å². The first kappa shape index (κ1) is 23.1. The Morgan fingerprint density at radius 1 is 1.15 bits per heavy atom. The third-order valence-electron chi connectivity index (χ3n) is 3.58. The molecule has 0 fully saturated rings. The Bertz CT molecular complexity index is 578. The van der Waals surface area contributed by atoms with Crippen LogP contribution in [0.25, 0.3) is 0 Å². The first-order valence-corrected chi connectivity index (χ1v) is 9.24. The minimum absolute atomic E-state index is 0.212. The Morgan fingerprint density at radius 2 is 1.93 bits per heavy atom. The van der Waals surface area contributed by atoms with Gasteiger partial charge in [0.25, 0.3) is 0 Å². The highest BCUT2D eigenvalue weighted by Gasteiger charge is 2.28. The van der Waals surface area contributed by atoms with E-state index in [0.717, 1.165) is 31.6 Å². The fraction of sp³-hybridized carbons (Fsp3) is 0.632. The highest BCUT2D eigenvalue weighted by Crippen LogP contribution is 2.24. The SMILES string of the molecule is CCNC(=NCc1ccc(C)cc1OCC(F)(F)F)NCCCCOCC. The lowest BCUT2D eigenvalue weighted by Crippen LogP contribution is -2.37. The molecule has 2 N–H and O–H groups in total. The number of unbranched alkanes of at least 4 members (excludes halogenated alkanes) is 1. The van der Waals surface area contributed by atoms with Gasteiger partial charge in [-0.3, -0.25) is 0 Å². The summed E-state index contributed by atoms with van der Waals surface area (Å²) in [7, 11) is 0.